The van der Waals surface area contributed by atoms with E-state index >= 15 is 0 Å². The molecule has 2 aliphatic carbocycles. The maximum absolute atomic E-state index is 4.73. The highest BCUT2D eigenvalue weighted by molar-refractivity contribution is 5.93. The standard InChI is InChI=1S/C24H23N/c1-14-8-10-17-16(13-14)20-18(23(17,2)3)11-9-15-21(20)24(4,5)19-7-6-12-25-22(15)19/h6-13H,1-5H3. The monoisotopic (exact) mass is 325 g/mol. The highest BCUT2D eigenvalue weighted by Gasteiger charge is 2.44. The van der Waals surface area contributed by atoms with Gasteiger partial charge in [-0.2, -0.15) is 0 Å². The van der Waals surface area contributed by atoms with Crippen LogP contribution >= 0.6 is 0 Å². The minimum atomic E-state index is -0.0221. The molecule has 0 N–H and O–H groups in total. The van der Waals surface area contributed by atoms with Crippen LogP contribution in [0.4, 0.5) is 0 Å². The van der Waals surface area contributed by atoms with Gasteiger partial charge in [0.25, 0.3) is 0 Å². The molecule has 0 saturated heterocycles. The highest BCUT2D eigenvalue weighted by Crippen LogP contribution is 2.58. The molecule has 3 aromatic rings. The van der Waals surface area contributed by atoms with Crippen molar-refractivity contribution in [1.29, 1.82) is 0 Å². The van der Waals surface area contributed by atoms with E-state index in [1.165, 1.54) is 44.5 Å². The van der Waals surface area contributed by atoms with Crippen LogP contribution in [0.5, 0.6) is 0 Å². The summed E-state index contributed by atoms with van der Waals surface area (Å²) in [5.41, 5.74) is 12.4. The molecule has 0 bridgehead atoms. The van der Waals surface area contributed by atoms with Gasteiger partial charge in [-0.15, -0.1) is 0 Å². The molecular weight excluding hydrogens is 302 g/mol. The van der Waals surface area contributed by atoms with Crippen molar-refractivity contribution >= 4 is 0 Å². The van der Waals surface area contributed by atoms with Crippen LogP contribution in [0.15, 0.2) is 48.7 Å². The van der Waals surface area contributed by atoms with E-state index in [-0.39, 0.29) is 10.8 Å². The summed E-state index contributed by atoms with van der Waals surface area (Å²) >= 11 is 0. The van der Waals surface area contributed by atoms with Crippen LogP contribution in [-0.4, -0.2) is 4.98 Å². The second-order valence-electron chi connectivity index (χ2n) is 8.61. The molecule has 0 aliphatic heterocycles. The lowest BCUT2D eigenvalue weighted by Gasteiger charge is -2.25. The Hall–Kier alpha value is -2.41. The zero-order valence-corrected chi connectivity index (χ0v) is 15.6. The van der Waals surface area contributed by atoms with Gasteiger partial charge in [-0.1, -0.05) is 69.7 Å². The number of nitrogens with zero attached hydrogens (tertiary/aromatic N) is 1. The Bertz CT molecular complexity index is 1050. The van der Waals surface area contributed by atoms with E-state index in [2.05, 4.69) is 77.1 Å². The van der Waals surface area contributed by atoms with Crippen molar-refractivity contribution in [3.8, 4) is 22.4 Å². The Kier molecular flexibility index (Phi) is 2.62. The van der Waals surface area contributed by atoms with Gasteiger partial charge >= 0.3 is 0 Å². The molecule has 1 heteroatoms. The smallest absolute Gasteiger partial charge is 0.0746 e. The lowest BCUT2D eigenvalue weighted by molar-refractivity contribution is 0.647. The molecule has 0 radical (unpaired) electrons. The molecule has 2 aliphatic rings. The van der Waals surface area contributed by atoms with Gasteiger partial charge in [0, 0.05) is 22.6 Å². The Morgan fingerprint density at radius 3 is 2.32 bits per heavy atom. The first kappa shape index (κ1) is 14.9. The SMILES string of the molecule is Cc1ccc2c(c1)-c1c(ccc3c1C(C)(C)c1cccnc1-3)C2(C)C. The normalized spacial score (nSPS) is 17.6. The summed E-state index contributed by atoms with van der Waals surface area (Å²) in [6, 6.07) is 15.9. The van der Waals surface area contributed by atoms with Crippen LogP contribution < -0.4 is 0 Å². The van der Waals surface area contributed by atoms with Crippen LogP contribution in [-0.2, 0) is 10.8 Å². The Morgan fingerprint density at radius 1 is 0.760 bits per heavy atom. The third kappa shape index (κ3) is 1.66. The molecule has 0 saturated carbocycles. The number of hydrogen-bond donors (Lipinski definition) is 0. The molecule has 0 atom stereocenters. The van der Waals surface area contributed by atoms with Crippen LogP contribution in [0.2, 0.25) is 0 Å². The third-order valence-corrected chi connectivity index (χ3v) is 6.36. The van der Waals surface area contributed by atoms with Gasteiger partial charge in [-0.25, -0.2) is 0 Å². The molecular formula is C24H23N. The summed E-state index contributed by atoms with van der Waals surface area (Å²) in [4.78, 5) is 4.73. The van der Waals surface area contributed by atoms with Gasteiger partial charge in [0.1, 0.15) is 0 Å². The number of fused-ring (bicyclic) bond motifs is 7. The molecule has 0 spiro atoms. The molecule has 0 fully saturated rings. The lowest BCUT2D eigenvalue weighted by Crippen LogP contribution is -2.18. The summed E-state index contributed by atoms with van der Waals surface area (Å²) in [5.74, 6) is 0. The van der Waals surface area contributed by atoms with E-state index in [0.29, 0.717) is 0 Å². The quantitative estimate of drug-likeness (QED) is 0.494. The first-order chi connectivity index (χ1) is 11.8. The van der Waals surface area contributed by atoms with Crippen molar-refractivity contribution in [3.05, 3.63) is 76.5 Å². The number of rotatable bonds is 0. The molecule has 124 valence electrons. The largest absolute Gasteiger partial charge is 0.256 e. The van der Waals surface area contributed by atoms with Crippen molar-refractivity contribution in [2.24, 2.45) is 0 Å². The topological polar surface area (TPSA) is 12.9 Å². The van der Waals surface area contributed by atoms with Crippen molar-refractivity contribution in [3.63, 3.8) is 0 Å². The molecule has 0 unspecified atom stereocenters. The molecule has 2 aromatic carbocycles. The van der Waals surface area contributed by atoms with E-state index in [1.807, 2.05) is 6.20 Å². The second kappa shape index (κ2) is 4.40. The molecule has 5 rings (SSSR count). The maximum Gasteiger partial charge on any atom is 0.0746 e. The molecule has 25 heavy (non-hydrogen) atoms. The summed E-state index contributed by atoms with van der Waals surface area (Å²) in [6.07, 6.45) is 1.92. The van der Waals surface area contributed by atoms with Crippen molar-refractivity contribution in [2.45, 2.75) is 45.4 Å². The number of aromatic nitrogens is 1. The molecule has 1 heterocycles. The van der Waals surface area contributed by atoms with Gasteiger partial charge in [-0.3, -0.25) is 4.98 Å². The number of benzene rings is 2. The second-order valence-corrected chi connectivity index (χ2v) is 8.61. The number of pyridine rings is 1. The van der Waals surface area contributed by atoms with Crippen LogP contribution in [0.3, 0.4) is 0 Å². The van der Waals surface area contributed by atoms with Gasteiger partial charge in [0.15, 0.2) is 0 Å². The van der Waals surface area contributed by atoms with Crippen LogP contribution in [0.1, 0.15) is 55.5 Å². The van der Waals surface area contributed by atoms with Gasteiger partial charge in [0.2, 0.25) is 0 Å². The highest BCUT2D eigenvalue weighted by atomic mass is 14.7. The van der Waals surface area contributed by atoms with Gasteiger partial charge < -0.3 is 0 Å². The van der Waals surface area contributed by atoms with E-state index < -0.39 is 0 Å². The van der Waals surface area contributed by atoms with Crippen molar-refractivity contribution < 1.29 is 0 Å². The minimum absolute atomic E-state index is 0.0221. The van der Waals surface area contributed by atoms with E-state index in [4.69, 9.17) is 4.98 Å². The zero-order chi connectivity index (χ0) is 17.6. The van der Waals surface area contributed by atoms with Gasteiger partial charge in [0.05, 0.1) is 5.69 Å². The van der Waals surface area contributed by atoms with E-state index in [0.717, 1.165) is 5.69 Å². The fourth-order valence-corrected chi connectivity index (χ4v) is 5.06. The van der Waals surface area contributed by atoms with Gasteiger partial charge in [-0.05, 0) is 46.4 Å². The van der Waals surface area contributed by atoms with Crippen molar-refractivity contribution in [2.75, 3.05) is 0 Å². The Morgan fingerprint density at radius 2 is 1.52 bits per heavy atom. The fourth-order valence-electron chi connectivity index (χ4n) is 5.06. The average molecular weight is 325 g/mol. The first-order valence-corrected chi connectivity index (χ1v) is 9.09. The predicted molar refractivity (Wildman–Crippen MR) is 104 cm³/mol. The number of aryl methyl sites for hydroxylation is 1. The summed E-state index contributed by atoms with van der Waals surface area (Å²) in [6.45, 7) is 11.6. The van der Waals surface area contributed by atoms with Crippen molar-refractivity contribution in [1.82, 2.24) is 4.98 Å². The summed E-state index contributed by atoms with van der Waals surface area (Å²) in [5, 5.41) is 0. The summed E-state index contributed by atoms with van der Waals surface area (Å²) < 4.78 is 0. The van der Waals surface area contributed by atoms with Crippen LogP contribution in [0, 0.1) is 6.92 Å². The predicted octanol–water partition coefficient (Wildman–Crippen LogP) is 6.00. The molecule has 1 aromatic heterocycles. The maximum atomic E-state index is 4.73. The van der Waals surface area contributed by atoms with Crippen LogP contribution in [0.25, 0.3) is 22.4 Å². The first-order valence-electron chi connectivity index (χ1n) is 9.09. The fraction of sp³-hybridized carbons (Fsp3) is 0.292. The summed E-state index contributed by atoms with van der Waals surface area (Å²) in [7, 11) is 0. The van der Waals surface area contributed by atoms with E-state index in [9.17, 15) is 0 Å². The zero-order valence-electron chi connectivity index (χ0n) is 15.6. The lowest BCUT2D eigenvalue weighted by atomic mass is 9.77. The minimum Gasteiger partial charge on any atom is -0.256 e. The Balaban J connectivity index is 1.94. The number of hydrogen-bond acceptors (Lipinski definition) is 1. The molecule has 0 amide bonds. The Labute approximate surface area is 149 Å². The van der Waals surface area contributed by atoms with E-state index in [1.54, 1.807) is 0 Å². The third-order valence-electron chi connectivity index (χ3n) is 6.36. The molecule has 1 nitrogen and oxygen atoms in total. The average Bonchev–Trinajstić information content (AvgIpc) is 2.95.